The van der Waals surface area contributed by atoms with Gasteiger partial charge in [0.2, 0.25) is 0 Å². The third-order valence-electron chi connectivity index (χ3n) is 2.19. The second-order valence-corrected chi connectivity index (χ2v) is 4.37. The molecule has 16 heavy (non-hydrogen) atoms. The quantitative estimate of drug-likeness (QED) is 0.787. The molecule has 2 aromatic rings. The normalized spacial score (nSPS) is 9.75. The number of nitriles is 1. The maximum atomic E-state index is 8.96. The Kier molecular flexibility index (Phi) is 3.23. The van der Waals surface area contributed by atoms with Crippen molar-refractivity contribution in [2.24, 2.45) is 0 Å². The predicted octanol–water partition coefficient (Wildman–Crippen LogP) is 3.41. The summed E-state index contributed by atoms with van der Waals surface area (Å²) in [4.78, 5) is 5.36. The summed E-state index contributed by atoms with van der Waals surface area (Å²) in [5.74, 6) is 0. The summed E-state index contributed by atoms with van der Waals surface area (Å²) in [6.45, 7) is 2.05. The summed E-state index contributed by atoms with van der Waals surface area (Å²) in [6, 6.07) is 13.8. The molecule has 0 spiro atoms. The molecule has 1 aromatic carbocycles. The summed E-state index contributed by atoms with van der Waals surface area (Å²) in [7, 11) is 0. The number of hydrogen-bond donors (Lipinski definition) is 0. The predicted molar refractivity (Wildman–Crippen MR) is 64.3 cm³/mol. The van der Waals surface area contributed by atoms with Crippen molar-refractivity contribution in [2.75, 3.05) is 0 Å². The Morgan fingerprint density at radius 2 is 2.00 bits per heavy atom. The van der Waals surface area contributed by atoms with Crippen LogP contribution in [0.2, 0.25) is 0 Å². The molecule has 0 saturated carbocycles. The van der Waals surface area contributed by atoms with Gasteiger partial charge in [-0.25, -0.2) is 4.98 Å². The molecule has 0 aliphatic rings. The van der Waals surface area contributed by atoms with E-state index >= 15 is 0 Å². The molecule has 0 N–H and O–H groups in total. The first-order valence-corrected chi connectivity index (χ1v) is 5.71. The van der Waals surface area contributed by atoms with Crippen molar-refractivity contribution in [1.29, 1.82) is 5.26 Å². The second-order valence-electron chi connectivity index (χ2n) is 3.34. The van der Waals surface area contributed by atoms with Crippen LogP contribution in [0.15, 0.2) is 52.5 Å². The zero-order valence-electron chi connectivity index (χ0n) is 8.84. The summed E-state index contributed by atoms with van der Waals surface area (Å²) in [5.41, 5.74) is 1.82. The highest BCUT2D eigenvalue weighted by Gasteiger charge is 2.06. The van der Waals surface area contributed by atoms with Crippen molar-refractivity contribution in [2.45, 2.75) is 16.8 Å². The van der Waals surface area contributed by atoms with Crippen molar-refractivity contribution in [3.63, 3.8) is 0 Å². The van der Waals surface area contributed by atoms with Crippen LogP contribution in [0.1, 0.15) is 11.1 Å². The maximum absolute atomic E-state index is 8.96. The third-order valence-corrected chi connectivity index (χ3v) is 3.39. The topological polar surface area (TPSA) is 36.7 Å². The largest absolute Gasteiger partial charge is 0.248 e. The lowest BCUT2D eigenvalue weighted by Gasteiger charge is -2.05. The Morgan fingerprint density at radius 3 is 2.75 bits per heavy atom. The zero-order chi connectivity index (χ0) is 11.4. The van der Waals surface area contributed by atoms with Gasteiger partial charge in [0.05, 0.1) is 5.56 Å². The Morgan fingerprint density at radius 1 is 1.19 bits per heavy atom. The Balaban J connectivity index is 2.35. The molecule has 0 amide bonds. The van der Waals surface area contributed by atoms with Crippen LogP contribution in [-0.2, 0) is 0 Å². The highest BCUT2D eigenvalue weighted by molar-refractivity contribution is 7.99. The summed E-state index contributed by atoms with van der Waals surface area (Å²) < 4.78 is 0. The van der Waals surface area contributed by atoms with Crippen LogP contribution in [0.25, 0.3) is 0 Å². The fourth-order valence-corrected chi connectivity index (χ4v) is 2.25. The van der Waals surface area contributed by atoms with Crippen molar-refractivity contribution in [3.8, 4) is 6.07 Å². The molecule has 2 nitrogen and oxygen atoms in total. The first kappa shape index (κ1) is 10.7. The van der Waals surface area contributed by atoms with Gasteiger partial charge in [-0.3, -0.25) is 0 Å². The number of aromatic nitrogens is 1. The molecule has 2 rings (SSSR count). The van der Waals surface area contributed by atoms with Gasteiger partial charge in [0.1, 0.15) is 11.1 Å². The van der Waals surface area contributed by atoms with Crippen LogP contribution in [0.5, 0.6) is 0 Å². The van der Waals surface area contributed by atoms with Crippen LogP contribution in [0.3, 0.4) is 0 Å². The fraction of sp³-hybridized carbons (Fsp3) is 0.0769. The SMILES string of the molecule is Cc1ccccc1Sc1ncccc1C#N. The van der Waals surface area contributed by atoms with Crippen LogP contribution < -0.4 is 0 Å². The molecule has 1 heterocycles. The minimum Gasteiger partial charge on any atom is -0.248 e. The van der Waals surface area contributed by atoms with E-state index in [9.17, 15) is 0 Å². The number of benzene rings is 1. The minimum atomic E-state index is 0.621. The molecule has 0 bridgehead atoms. The van der Waals surface area contributed by atoms with E-state index in [1.54, 1.807) is 18.3 Å². The molecular formula is C13H10N2S. The van der Waals surface area contributed by atoms with E-state index in [1.807, 2.05) is 18.2 Å². The molecule has 0 aliphatic heterocycles. The van der Waals surface area contributed by atoms with E-state index in [0.717, 1.165) is 9.92 Å². The lowest BCUT2D eigenvalue weighted by molar-refractivity contribution is 1.11. The molecule has 0 fully saturated rings. The molecule has 0 radical (unpaired) electrons. The molecule has 78 valence electrons. The number of pyridine rings is 1. The molecule has 1 aromatic heterocycles. The number of rotatable bonds is 2. The standard InChI is InChI=1S/C13H10N2S/c1-10-5-2-3-7-12(10)16-13-11(9-14)6-4-8-15-13/h2-8H,1H3. The monoisotopic (exact) mass is 226 g/mol. The van der Waals surface area contributed by atoms with E-state index in [-0.39, 0.29) is 0 Å². The first-order chi connectivity index (χ1) is 7.81. The first-order valence-electron chi connectivity index (χ1n) is 4.90. The molecule has 0 aliphatic carbocycles. The average molecular weight is 226 g/mol. The Labute approximate surface area is 99.0 Å². The van der Waals surface area contributed by atoms with Crippen molar-refractivity contribution in [1.82, 2.24) is 4.98 Å². The van der Waals surface area contributed by atoms with Crippen LogP contribution in [-0.4, -0.2) is 4.98 Å². The van der Waals surface area contributed by atoms with Crippen LogP contribution in [0.4, 0.5) is 0 Å². The average Bonchev–Trinajstić information content (AvgIpc) is 2.33. The smallest absolute Gasteiger partial charge is 0.119 e. The van der Waals surface area contributed by atoms with E-state index < -0.39 is 0 Å². The van der Waals surface area contributed by atoms with Gasteiger partial charge < -0.3 is 0 Å². The van der Waals surface area contributed by atoms with Gasteiger partial charge >= 0.3 is 0 Å². The van der Waals surface area contributed by atoms with Gasteiger partial charge in [-0.1, -0.05) is 30.0 Å². The lowest BCUT2D eigenvalue weighted by Crippen LogP contribution is -1.86. The van der Waals surface area contributed by atoms with Gasteiger partial charge in [0.15, 0.2) is 0 Å². The highest BCUT2D eigenvalue weighted by Crippen LogP contribution is 2.30. The van der Waals surface area contributed by atoms with E-state index in [4.69, 9.17) is 5.26 Å². The highest BCUT2D eigenvalue weighted by atomic mass is 32.2. The van der Waals surface area contributed by atoms with E-state index in [2.05, 4.69) is 24.0 Å². The Bertz CT molecular complexity index is 544. The summed E-state index contributed by atoms with van der Waals surface area (Å²) >= 11 is 1.53. The van der Waals surface area contributed by atoms with E-state index in [0.29, 0.717) is 5.56 Å². The van der Waals surface area contributed by atoms with Crippen molar-refractivity contribution >= 4 is 11.8 Å². The number of nitrogens with zero attached hydrogens (tertiary/aromatic N) is 2. The van der Waals surface area contributed by atoms with E-state index in [1.165, 1.54) is 17.3 Å². The number of aryl methyl sites for hydroxylation is 1. The fourth-order valence-electron chi connectivity index (χ4n) is 1.33. The van der Waals surface area contributed by atoms with Gasteiger partial charge in [-0.15, -0.1) is 0 Å². The maximum Gasteiger partial charge on any atom is 0.119 e. The minimum absolute atomic E-state index is 0.621. The zero-order valence-corrected chi connectivity index (χ0v) is 9.66. The van der Waals surface area contributed by atoms with Gasteiger partial charge in [0, 0.05) is 11.1 Å². The van der Waals surface area contributed by atoms with Gasteiger partial charge in [-0.2, -0.15) is 5.26 Å². The van der Waals surface area contributed by atoms with Gasteiger partial charge in [0.25, 0.3) is 0 Å². The molecular weight excluding hydrogens is 216 g/mol. The third kappa shape index (κ3) is 2.23. The van der Waals surface area contributed by atoms with Crippen molar-refractivity contribution < 1.29 is 0 Å². The molecule has 3 heteroatoms. The van der Waals surface area contributed by atoms with Crippen molar-refractivity contribution in [3.05, 3.63) is 53.7 Å². The molecule has 0 unspecified atom stereocenters. The summed E-state index contributed by atoms with van der Waals surface area (Å²) in [6.07, 6.45) is 1.71. The lowest BCUT2D eigenvalue weighted by atomic mass is 10.2. The Hall–Kier alpha value is -1.79. The summed E-state index contributed by atoms with van der Waals surface area (Å²) in [5, 5.41) is 9.73. The number of hydrogen-bond acceptors (Lipinski definition) is 3. The molecule has 0 saturated heterocycles. The van der Waals surface area contributed by atoms with Crippen LogP contribution >= 0.6 is 11.8 Å². The second kappa shape index (κ2) is 4.82. The van der Waals surface area contributed by atoms with Gasteiger partial charge in [-0.05, 0) is 30.7 Å². The van der Waals surface area contributed by atoms with Crippen LogP contribution in [0, 0.1) is 18.3 Å². The molecule has 0 atom stereocenters.